The lowest BCUT2D eigenvalue weighted by Gasteiger charge is -2.15. The number of hydrogen-bond donors (Lipinski definition) is 0. The van der Waals surface area contributed by atoms with Crippen LogP contribution in [0.2, 0.25) is 5.02 Å². The zero-order chi connectivity index (χ0) is 16.9. The number of hydrogen-bond acceptors (Lipinski definition) is 3. The molecule has 1 aliphatic rings. The minimum Gasteiger partial charge on any atom is -0.484 e. The quantitative estimate of drug-likeness (QED) is 0.780. The molecule has 0 radical (unpaired) electrons. The van der Waals surface area contributed by atoms with Gasteiger partial charge in [0, 0.05) is 29.2 Å². The molecule has 5 heteroatoms. The molecular formula is C19H18ClNO3. The van der Waals surface area contributed by atoms with Gasteiger partial charge in [0.1, 0.15) is 5.75 Å². The molecule has 2 aromatic rings. The summed E-state index contributed by atoms with van der Waals surface area (Å²) >= 11 is 5.83. The molecule has 0 bridgehead atoms. The summed E-state index contributed by atoms with van der Waals surface area (Å²) in [5, 5.41) is 0.595. The lowest BCUT2D eigenvalue weighted by molar-refractivity contribution is -0.132. The number of ketones is 1. The lowest BCUT2D eigenvalue weighted by Crippen LogP contribution is -2.32. The van der Waals surface area contributed by atoms with Crippen LogP contribution < -0.4 is 4.74 Å². The second-order valence-electron chi connectivity index (χ2n) is 5.74. The molecule has 0 N–H and O–H groups in total. The van der Waals surface area contributed by atoms with Gasteiger partial charge in [0.15, 0.2) is 12.4 Å². The number of halogens is 1. The average molecular weight is 344 g/mol. The Hall–Kier alpha value is -2.33. The fourth-order valence-corrected chi connectivity index (χ4v) is 2.80. The summed E-state index contributed by atoms with van der Waals surface area (Å²) in [6.07, 6.45) is 2.13. The Balaban J connectivity index is 1.59. The first-order chi connectivity index (χ1) is 11.6. The van der Waals surface area contributed by atoms with Gasteiger partial charge in [-0.05, 0) is 61.4 Å². The monoisotopic (exact) mass is 343 g/mol. The molecular weight excluding hydrogens is 326 g/mol. The number of rotatable bonds is 5. The molecule has 0 spiro atoms. The van der Waals surface area contributed by atoms with Gasteiger partial charge in [0.05, 0.1) is 0 Å². The average Bonchev–Trinajstić information content (AvgIpc) is 3.15. The standard InChI is InChI=1S/C19H18ClNO3/c20-16-7-3-14(4-8-16)19(23)15-5-9-17(10-6-15)24-13-18(22)21-11-1-2-12-21/h3-10H,1-2,11-13H2. The molecule has 1 aliphatic heterocycles. The first kappa shape index (κ1) is 16.5. The molecule has 1 amide bonds. The third-order valence-electron chi connectivity index (χ3n) is 4.04. The molecule has 2 aromatic carbocycles. The SMILES string of the molecule is O=C(c1ccc(Cl)cc1)c1ccc(OCC(=O)N2CCCC2)cc1. The summed E-state index contributed by atoms with van der Waals surface area (Å²) in [5.41, 5.74) is 1.15. The van der Waals surface area contributed by atoms with Crippen molar-refractivity contribution in [3.63, 3.8) is 0 Å². The highest BCUT2D eigenvalue weighted by Gasteiger charge is 2.18. The normalized spacial score (nSPS) is 13.8. The summed E-state index contributed by atoms with van der Waals surface area (Å²) in [6, 6.07) is 13.6. The molecule has 24 heavy (non-hydrogen) atoms. The molecule has 0 atom stereocenters. The van der Waals surface area contributed by atoms with E-state index in [-0.39, 0.29) is 18.3 Å². The van der Waals surface area contributed by atoms with Crippen LogP contribution in [0.15, 0.2) is 48.5 Å². The highest BCUT2D eigenvalue weighted by atomic mass is 35.5. The highest BCUT2D eigenvalue weighted by molar-refractivity contribution is 6.30. The Morgan fingerprint density at radius 3 is 2.04 bits per heavy atom. The number of carbonyl (C=O) groups excluding carboxylic acids is 2. The summed E-state index contributed by atoms with van der Waals surface area (Å²) in [7, 11) is 0. The second-order valence-corrected chi connectivity index (χ2v) is 6.17. The highest BCUT2D eigenvalue weighted by Crippen LogP contribution is 2.17. The van der Waals surface area contributed by atoms with E-state index in [2.05, 4.69) is 0 Å². The van der Waals surface area contributed by atoms with Gasteiger partial charge in [-0.3, -0.25) is 9.59 Å². The Morgan fingerprint density at radius 1 is 0.917 bits per heavy atom. The number of nitrogens with zero attached hydrogens (tertiary/aromatic N) is 1. The summed E-state index contributed by atoms with van der Waals surface area (Å²) in [4.78, 5) is 26.1. The van der Waals surface area contributed by atoms with Gasteiger partial charge in [0.2, 0.25) is 0 Å². The van der Waals surface area contributed by atoms with Crippen molar-refractivity contribution in [3.05, 3.63) is 64.7 Å². The first-order valence-corrected chi connectivity index (χ1v) is 8.32. The number of ether oxygens (including phenoxy) is 1. The Morgan fingerprint density at radius 2 is 1.46 bits per heavy atom. The van der Waals surface area contributed by atoms with E-state index in [1.165, 1.54) is 0 Å². The predicted molar refractivity (Wildman–Crippen MR) is 92.6 cm³/mol. The summed E-state index contributed by atoms with van der Waals surface area (Å²) in [6.45, 7) is 1.66. The zero-order valence-electron chi connectivity index (χ0n) is 13.2. The van der Waals surface area contributed by atoms with E-state index in [0.717, 1.165) is 25.9 Å². The van der Waals surface area contributed by atoms with Gasteiger partial charge in [-0.15, -0.1) is 0 Å². The molecule has 3 rings (SSSR count). The van der Waals surface area contributed by atoms with E-state index in [0.29, 0.717) is 21.9 Å². The summed E-state index contributed by atoms with van der Waals surface area (Å²) in [5.74, 6) is 0.510. The maximum Gasteiger partial charge on any atom is 0.260 e. The van der Waals surface area contributed by atoms with Crippen LogP contribution in [0.25, 0.3) is 0 Å². The van der Waals surface area contributed by atoms with Crippen molar-refractivity contribution in [3.8, 4) is 5.75 Å². The van der Waals surface area contributed by atoms with Crippen LogP contribution in [0.3, 0.4) is 0 Å². The minimum absolute atomic E-state index is 0.00816. The van der Waals surface area contributed by atoms with E-state index < -0.39 is 0 Å². The number of carbonyl (C=O) groups is 2. The molecule has 1 fully saturated rings. The maximum atomic E-state index is 12.4. The number of amides is 1. The number of benzene rings is 2. The van der Waals surface area contributed by atoms with E-state index >= 15 is 0 Å². The molecule has 4 nitrogen and oxygen atoms in total. The lowest BCUT2D eigenvalue weighted by atomic mass is 10.0. The Bertz CT molecular complexity index is 719. The molecule has 0 saturated carbocycles. The van der Waals surface area contributed by atoms with Gasteiger partial charge >= 0.3 is 0 Å². The van der Waals surface area contributed by atoms with Crippen molar-refractivity contribution < 1.29 is 14.3 Å². The van der Waals surface area contributed by atoms with Crippen LogP contribution in [0, 0.1) is 0 Å². The van der Waals surface area contributed by atoms with E-state index in [1.54, 1.807) is 48.5 Å². The fraction of sp³-hybridized carbons (Fsp3) is 0.263. The van der Waals surface area contributed by atoms with Crippen molar-refractivity contribution in [1.29, 1.82) is 0 Å². The molecule has 0 aliphatic carbocycles. The van der Waals surface area contributed by atoms with Gasteiger partial charge in [0.25, 0.3) is 5.91 Å². The van der Waals surface area contributed by atoms with Gasteiger partial charge in [-0.2, -0.15) is 0 Å². The smallest absolute Gasteiger partial charge is 0.260 e. The number of likely N-dealkylation sites (tertiary alicyclic amines) is 1. The maximum absolute atomic E-state index is 12.4. The summed E-state index contributed by atoms with van der Waals surface area (Å²) < 4.78 is 5.52. The molecule has 0 unspecified atom stereocenters. The van der Waals surface area contributed by atoms with E-state index in [4.69, 9.17) is 16.3 Å². The first-order valence-electron chi connectivity index (χ1n) is 7.94. The predicted octanol–water partition coefficient (Wildman–Crippen LogP) is 3.57. The van der Waals surface area contributed by atoms with Gasteiger partial charge in [-0.1, -0.05) is 11.6 Å². The van der Waals surface area contributed by atoms with Crippen molar-refractivity contribution >= 4 is 23.3 Å². The van der Waals surface area contributed by atoms with Crippen LogP contribution in [0.5, 0.6) is 5.75 Å². The minimum atomic E-state index is -0.0774. The van der Waals surface area contributed by atoms with Gasteiger partial charge in [-0.25, -0.2) is 0 Å². The van der Waals surface area contributed by atoms with Crippen LogP contribution in [0.1, 0.15) is 28.8 Å². The molecule has 1 heterocycles. The largest absolute Gasteiger partial charge is 0.484 e. The third-order valence-corrected chi connectivity index (χ3v) is 4.30. The van der Waals surface area contributed by atoms with Crippen LogP contribution in [0.4, 0.5) is 0 Å². The Labute approximate surface area is 146 Å². The molecule has 0 aromatic heterocycles. The third kappa shape index (κ3) is 3.95. The van der Waals surface area contributed by atoms with Crippen molar-refractivity contribution in [2.24, 2.45) is 0 Å². The molecule has 124 valence electrons. The fourth-order valence-electron chi connectivity index (χ4n) is 2.67. The van der Waals surface area contributed by atoms with Crippen molar-refractivity contribution in [2.45, 2.75) is 12.8 Å². The Kier molecular flexibility index (Phi) is 5.16. The topological polar surface area (TPSA) is 46.6 Å². The van der Waals surface area contributed by atoms with Crippen LogP contribution in [-0.2, 0) is 4.79 Å². The second kappa shape index (κ2) is 7.49. The zero-order valence-corrected chi connectivity index (χ0v) is 14.0. The van der Waals surface area contributed by atoms with Gasteiger partial charge < -0.3 is 9.64 Å². The van der Waals surface area contributed by atoms with Crippen molar-refractivity contribution in [2.75, 3.05) is 19.7 Å². The molecule has 1 saturated heterocycles. The van der Waals surface area contributed by atoms with Crippen LogP contribution >= 0.6 is 11.6 Å². The van der Waals surface area contributed by atoms with E-state index in [1.807, 2.05) is 4.90 Å². The van der Waals surface area contributed by atoms with E-state index in [9.17, 15) is 9.59 Å². The van der Waals surface area contributed by atoms with Crippen LogP contribution in [-0.4, -0.2) is 36.3 Å². The van der Waals surface area contributed by atoms with Crippen molar-refractivity contribution in [1.82, 2.24) is 4.90 Å².